The quantitative estimate of drug-likeness (QED) is 0.689. The molecule has 1 aromatic heterocycles. The number of nitrogens with zero attached hydrogens (tertiary/aromatic N) is 1. The van der Waals surface area contributed by atoms with Gasteiger partial charge in [0.1, 0.15) is 0 Å². The van der Waals surface area contributed by atoms with Gasteiger partial charge in [0.25, 0.3) is 0 Å². The second-order valence-corrected chi connectivity index (χ2v) is 4.47. The molecule has 0 unspecified atom stereocenters. The lowest BCUT2D eigenvalue weighted by Crippen LogP contribution is -2.00. The van der Waals surface area contributed by atoms with Gasteiger partial charge in [0.15, 0.2) is 0 Å². The number of hydrogen-bond donors (Lipinski definition) is 1. The molecule has 1 N–H and O–H groups in total. The molecule has 0 saturated carbocycles. The fourth-order valence-electron chi connectivity index (χ4n) is 2.30. The first-order valence-electron chi connectivity index (χ1n) is 6.40. The molecule has 0 bridgehead atoms. The van der Waals surface area contributed by atoms with Crippen LogP contribution in [0.4, 0.5) is 5.69 Å². The molecule has 0 radical (unpaired) electrons. The van der Waals surface area contributed by atoms with Crippen LogP contribution in [0.3, 0.4) is 0 Å². The maximum atomic E-state index is 4.54. The Hall–Kier alpha value is -2.09. The maximum Gasteiger partial charge on any atom is 0.0801 e. The van der Waals surface area contributed by atoms with Crippen molar-refractivity contribution in [2.45, 2.75) is 13.3 Å². The largest absolute Gasteiger partial charge is 0.384 e. The molecule has 0 fully saturated rings. The average Bonchev–Trinajstić information content (AvgIpc) is 2.44. The van der Waals surface area contributed by atoms with Gasteiger partial charge in [0.05, 0.1) is 5.52 Å². The highest BCUT2D eigenvalue weighted by molar-refractivity contribution is 6.08. The van der Waals surface area contributed by atoms with Gasteiger partial charge in [-0.3, -0.25) is 4.98 Å². The van der Waals surface area contributed by atoms with Crippen LogP contribution in [-0.2, 0) is 0 Å². The Bertz CT molecular complexity index is 689. The monoisotopic (exact) mass is 236 g/mol. The summed E-state index contributed by atoms with van der Waals surface area (Å²) in [5.41, 5.74) is 2.25. The summed E-state index contributed by atoms with van der Waals surface area (Å²) < 4.78 is 0. The minimum Gasteiger partial charge on any atom is -0.384 e. The molecule has 0 atom stereocenters. The van der Waals surface area contributed by atoms with Crippen LogP contribution in [0.5, 0.6) is 0 Å². The summed E-state index contributed by atoms with van der Waals surface area (Å²) in [6, 6.07) is 14.8. The Kier molecular flexibility index (Phi) is 2.85. The highest BCUT2D eigenvalue weighted by atomic mass is 14.9. The second kappa shape index (κ2) is 4.65. The van der Waals surface area contributed by atoms with Gasteiger partial charge in [-0.2, -0.15) is 0 Å². The van der Waals surface area contributed by atoms with E-state index in [-0.39, 0.29) is 0 Å². The van der Waals surface area contributed by atoms with E-state index in [1.165, 1.54) is 21.8 Å². The van der Waals surface area contributed by atoms with Crippen molar-refractivity contribution in [2.24, 2.45) is 0 Å². The number of anilines is 1. The van der Waals surface area contributed by atoms with Gasteiger partial charge in [0, 0.05) is 29.2 Å². The third kappa shape index (κ3) is 1.80. The third-order valence-electron chi connectivity index (χ3n) is 3.20. The van der Waals surface area contributed by atoms with E-state index in [9.17, 15) is 0 Å². The third-order valence-corrected chi connectivity index (χ3v) is 3.20. The summed E-state index contributed by atoms with van der Waals surface area (Å²) in [4.78, 5) is 4.54. The molecule has 0 spiro atoms. The summed E-state index contributed by atoms with van der Waals surface area (Å²) in [5.74, 6) is 0. The first-order chi connectivity index (χ1) is 8.90. The lowest BCUT2D eigenvalue weighted by molar-refractivity contribution is 0.981. The molecular weight excluding hydrogens is 220 g/mol. The van der Waals surface area contributed by atoms with Gasteiger partial charge in [-0.05, 0) is 17.9 Å². The molecule has 2 heteroatoms. The zero-order chi connectivity index (χ0) is 12.4. The van der Waals surface area contributed by atoms with E-state index in [1.807, 2.05) is 12.3 Å². The summed E-state index contributed by atoms with van der Waals surface area (Å²) >= 11 is 0. The molecule has 3 rings (SSSR count). The Morgan fingerprint density at radius 1 is 1.00 bits per heavy atom. The number of benzene rings is 2. The van der Waals surface area contributed by atoms with E-state index in [1.54, 1.807) is 0 Å². The number of fused-ring (bicyclic) bond motifs is 3. The van der Waals surface area contributed by atoms with E-state index in [0.29, 0.717) is 0 Å². The van der Waals surface area contributed by atoms with Crippen molar-refractivity contribution in [1.82, 2.24) is 4.98 Å². The van der Waals surface area contributed by atoms with Crippen molar-refractivity contribution in [3.05, 3.63) is 48.7 Å². The molecule has 2 aromatic carbocycles. The Balaban J connectivity index is 2.26. The Labute approximate surface area is 107 Å². The molecule has 1 heterocycles. The zero-order valence-electron chi connectivity index (χ0n) is 10.5. The van der Waals surface area contributed by atoms with E-state index < -0.39 is 0 Å². The zero-order valence-corrected chi connectivity index (χ0v) is 10.5. The van der Waals surface area contributed by atoms with Crippen LogP contribution in [-0.4, -0.2) is 11.5 Å². The van der Waals surface area contributed by atoms with Crippen molar-refractivity contribution in [3.8, 4) is 0 Å². The van der Waals surface area contributed by atoms with Crippen molar-refractivity contribution >= 4 is 27.4 Å². The fourth-order valence-corrected chi connectivity index (χ4v) is 2.30. The predicted octanol–water partition coefficient (Wildman–Crippen LogP) is 4.21. The lowest BCUT2D eigenvalue weighted by atomic mass is 10.1. The molecule has 3 aromatic rings. The summed E-state index contributed by atoms with van der Waals surface area (Å²) in [6.45, 7) is 3.16. The highest BCUT2D eigenvalue weighted by Crippen LogP contribution is 2.28. The second-order valence-electron chi connectivity index (χ2n) is 4.47. The maximum absolute atomic E-state index is 4.54. The number of pyridine rings is 1. The van der Waals surface area contributed by atoms with Gasteiger partial charge in [-0.25, -0.2) is 0 Å². The van der Waals surface area contributed by atoms with Crippen LogP contribution in [0.25, 0.3) is 21.7 Å². The van der Waals surface area contributed by atoms with Crippen LogP contribution < -0.4 is 5.32 Å². The highest BCUT2D eigenvalue weighted by Gasteiger charge is 2.04. The molecule has 0 aliphatic heterocycles. The topological polar surface area (TPSA) is 24.9 Å². The Morgan fingerprint density at radius 3 is 2.78 bits per heavy atom. The van der Waals surface area contributed by atoms with Crippen molar-refractivity contribution < 1.29 is 0 Å². The van der Waals surface area contributed by atoms with Crippen molar-refractivity contribution in [2.75, 3.05) is 11.9 Å². The van der Waals surface area contributed by atoms with Crippen molar-refractivity contribution in [1.29, 1.82) is 0 Å². The summed E-state index contributed by atoms with van der Waals surface area (Å²) in [7, 11) is 0. The normalized spacial score (nSPS) is 10.9. The molecule has 90 valence electrons. The summed E-state index contributed by atoms with van der Waals surface area (Å²) in [5, 5.41) is 7.12. The van der Waals surface area contributed by atoms with E-state index in [4.69, 9.17) is 0 Å². The first kappa shape index (κ1) is 11.0. The van der Waals surface area contributed by atoms with Crippen LogP contribution >= 0.6 is 0 Å². The van der Waals surface area contributed by atoms with Gasteiger partial charge in [0.2, 0.25) is 0 Å². The minimum atomic E-state index is 0.992. The number of rotatable bonds is 3. The molecule has 0 aliphatic carbocycles. The van der Waals surface area contributed by atoms with E-state index in [2.05, 4.69) is 53.6 Å². The number of nitrogens with one attached hydrogen (secondary N) is 1. The first-order valence-corrected chi connectivity index (χ1v) is 6.40. The van der Waals surface area contributed by atoms with E-state index in [0.717, 1.165) is 18.5 Å². The molecule has 0 aliphatic rings. The smallest absolute Gasteiger partial charge is 0.0801 e. The predicted molar refractivity (Wildman–Crippen MR) is 78.0 cm³/mol. The summed E-state index contributed by atoms with van der Waals surface area (Å²) in [6.07, 6.45) is 3.00. The van der Waals surface area contributed by atoms with Crippen LogP contribution in [0.1, 0.15) is 13.3 Å². The van der Waals surface area contributed by atoms with Crippen LogP contribution in [0, 0.1) is 0 Å². The average molecular weight is 236 g/mol. The molecule has 0 saturated heterocycles. The number of hydrogen-bond acceptors (Lipinski definition) is 2. The number of aromatic nitrogens is 1. The van der Waals surface area contributed by atoms with Gasteiger partial charge < -0.3 is 5.32 Å². The van der Waals surface area contributed by atoms with Crippen LogP contribution in [0.15, 0.2) is 48.7 Å². The molecule has 0 amide bonds. The van der Waals surface area contributed by atoms with Crippen molar-refractivity contribution in [3.63, 3.8) is 0 Å². The SMILES string of the molecule is CCCNc1ccnc2c1ccc1ccccc12. The van der Waals surface area contributed by atoms with Gasteiger partial charge in [-0.1, -0.05) is 43.3 Å². The van der Waals surface area contributed by atoms with Crippen LogP contribution in [0.2, 0.25) is 0 Å². The van der Waals surface area contributed by atoms with Gasteiger partial charge >= 0.3 is 0 Å². The lowest BCUT2D eigenvalue weighted by Gasteiger charge is -2.09. The fraction of sp³-hybridized carbons (Fsp3) is 0.188. The van der Waals surface area contributed by atoms with Gasteiger partial charge in [-0.15, -0.1) is 0 Å². The Morgan fingerprint density at radius 2 is 1.89 bits per heavy atom. The standard InChI is InChI=1S/C16H16N2/c1-2-10-17-15-9-11-18-16-13-6-4-3-5-12(13)7-8-14(15)16/h3-9,11H,2,10H2,1H3,(H,17,18). The molecular formula is C16H16N2. The molecule has 2 nitrogen and oxygen atoms in total. The van der Waals surface area contributed by atoms with E-state index >= 15 is 0 Å². The molecule has 18 heavy (non-hydrogen) atoms. The minimum absolute atomic E-state index is 0.992.